The Morgan fingerprint density at radius 3 is 2.29 bits per heavy atom. The van der Waals surface area contributed by atoms with E-state index in [1.165, 1.54) is 12.1 Å². The van der Waals surface area contributed by atoms with Crippen LogP contribution in [-0.4, -0.2) is 35.8 Å². The Balaban J connectivity index is 1.38. The maximum absolute atomic E-state index is 13.3. The minimum absolute atomic E-state index is 0.0872. The molecule has 4 aromatic rings. The first-order chi connectivity index (χ1) is 20.3. The number of aromatic nitrogens is 1. The summed E-state index contributed by atoms with van der Waals surface area (Å²) in [5.41, 5.74) is 2.12. The van der Waals surface area contributed by atoms with Crippen LogP contribution < -0.4 is 15.6 Å². The second kappa shape index (κ2) is 13.2. The second-order valence-electron chi connectivity index (χ2n) is 10.2. The number of halogens is 3. The molecular weight excluding hydrogens is 549 g/mol. The number of H-pyrrole nitrogens is 1. The van der Waals surface area contributed by atoms with Crippen molar-refractivity contribution in [2.75, 3.05) is 6.54 Å². The zero-order valence-electron chi connectivity index (χ0n) is 22.7. The first-order valence-corrected chi connectivity index (χ1v) is 13.8. The summed E-state index contributed by atoms with van der Waals surface area (Å²) in [7, 11) is 0. The number of benzene rings is 3. The van der Waals surface area contributed by atoms with Crippen LogP contribution in [0.5, 0.6) is 5.75 Å². The largest absolute Gasteiger partial charge is 0.490 e. The number of alkyl halides is 3. The van der Waals surface area contributed by atoms with Crippen molar-refractivity contribution in [2.24, 2.45) is 0 Å². The smallest absolute Gasteiger partial charge is 0.487 e. The molecule has 0 aliphatic heterocycles. The van der Waals surface area contributed by atoms with E-state index >= 15 is 0 Å². The van der Waals surface area contributed by atoms with E-state index in [4.69, 9.17) is 14.2 Å². The van der Waals surface area contributed by atoms with Crippen LogP contribution in [-0.2, 0) is 27.5 Å². The molecular formula is C32H31F3N2O5. The predicted octanol–water partition coefficient (Wildman–Crippen LogP) is 5.98. The molecule has 1 aromatic heterocycles. The molecule has 3 atom stereocenters. The summed E-state index contributed by atoms with van der Waals surface area (Å²) in [6.45, 7) is 0.543. The van der Waals surface area contributed by atoms with Gasteiger partial charge in [-0.2, -0.15) is 13.2 Å². The maximum atomic E-state index is 13.3. The van der Waals surface area contributed by atoms with Crippen molar-refractivity contribution in [3.63, 3.8) is 0 Å². The van der Waals surface area contributed by atoms with E-state index in [0.29, 0.717) is 28.8 Å². The highest BCUT2D eigenvalue weighted by molar-refractivity contribution is 5.88. The summed E-state index contributed by atoms with van der Waals surface area (Å²) < 4.78 is 57.0. The van der Waals surface area contributed by atoms with E-state index in [2.05, 4.69) is 10.3 Å². The van der Waals surface area contributed by atoms with Gasteiger partial charge in [-0.05, 0) is 42.5 Å². The standard InChI is InChI=1S/C32H31F3N2O5/c33-32(34,35)31(39)42-28(18-36-25-12-7-13-26(25)40-19-21-8-3-1-4-9-21)23-14-16-27(30-24(23)15-17-29(38)37-30)41-20-22-10-5-2-6-11-22/h1-6,8-11,14-17,25-26,28,36H,7,12-13,18-20H2,(H,37,38)/t25?,26-,28+/m1/s1. The number of hydrogen-bond donors (Lipinski definition) is 2. The first-order valence-electron chi connectivity index (χ1n) is 13.8. The average molecular weight is 581 g/mol. The van der Waals surface area contributed by atoms with Gasteiger partial charge in [0, 0.05) is 29.6 Å². The molecule has 1 unspecified atom stereocenters. The molecule has 2 N–H and O–H groups in total. The monoisotopic (exact) mass is 580 g/mol. The Hall–Kier alpha value is -4.15. The lowest BCUT2D eigenvalue weighted by molar-refractivity contribution is -0.205. The minimum atomic E-state index is -5.17. The Morgan fingerprint density at radius 2 is 1.60 bits per heavy atom. The number of carbonyl (C=O) groups is 1. The number of aromatic amines is 1. The third kappa shape index (κ3) is 7.37. The third-order valence-electron chi connectivity index (χ3n) is 7.28. The van der Waals surface area contributed by atoms with Crippen molar-refractivity contribution >= 4 is 16.9 Å². The first kappa shape index (κ1) is 29.3. The van der Waals surface area contributed by atoms with E-state index in [9.17, 15) is 22.8 Å². The Morgan fingerprint density at radius 1 is 0.905 bits per heavy atom. The number of esters is 1. The van der Waals surface area contributed by atoms with Crippen molar-refractivity contribution in [3.05, 3.63) is 112 Å². The van der Waals surface area contributed by atoms with Crippen LogP contribution in [0.25, 0.3) is 10.9 Å². The molecule has 1 saturated carbocycles. The highest BCUT2D eigenvalue weighted by atomic mass is 19.4. The van der Waals surface area contributed by atoms with Crippen molar-refractivity contribution in [1.29, 1.82) is 0 Å². The number of fused-ring (bicyclic) bond motifs is 1. The van der Waals surface area contributed by atoms with Gasteiger partial charge in [-0.25, -0.2) is 4.79 Å². The topological polar surface area (TPSA) is 89.7 Å². The van der Waals surface area contributed by atoms with Crippen LogP contribution in [0.4, 0.5) is 13.2 Å². The highest BCUT2D eigenvalue weighted by Crippen LogP contribution is 2.33. The summed E-state index contributed by atoms with van der Waals surface area (Å²) in [5, 5.41) is 3.70. The van der Waals surface area contributed by atoms with Crippen LogP contribution in [0.3, 0.4) is 0 Å². The molecule has 0 radical (unpaired) electrons. The van der Waals surface area contributed by atoms with Crippen molar-refractivity contribution in [1.82, 2.24) is 10.3 Å². The lowest BCUT2D eigenvalue weighted by Crippen LogP contribution is -2.41. The van der Waals surface area contributed by atoms with Crippen LogP contribution >= 0.6 is 0 Å². The van der Waals surface area contributed by atoms with Gasteiger partial charge in [0.05, 0.1) is 18.2 Å². The van der Waals surface area contributed by atoms with Gasteiger partial charge in [-0.1, -0.05) is 66.7 Å². The molecule has 1 heterocycles. The quantitative estimate of drug-likeness (QED) is 0.212. The molecule has 7 nitrogen and oxygen atoms in total. The molecule has 10 heteroatoms. The van der Waals surface area contributed by atoms with E-state index in [-0.39, 0.29) is 25.3 Å². The van der Waals surface area contributed by atoms with E-state index in [0.717, 1.165) is 30.4 Å². The lowest BCUT2D eigenvalue weighted by atomic mass is 10.0. The molecule has 1 aliphatic rings. The molecule has 1 fully saturated rings. The Bertz CT molecular complexity index is 1540. The van der Waals surface area contributed by atoms with Gasteiger partial charge in [-0.3, -0.25) is 4.79 Å². The van der Waals surface area contributed by atoms with E-state index in [1.807, 2.05) is 60.7 Å². The summed E-state index contributed by atoms with van der Waals surface area (Å²) in [5.74, 6) is -1.95. The van der Waals surface area contributed by atoms with Crippen LogP contribution in [0.15, 0.2) is 89.7 Å². The van der Waals surface area contributed by atoms with Crippen molar-refractivity contribution in [3.8, 4) is 5.75 Å². The van der Waals surface area contributed by atoms with E-state index in [1.54, 1.807) is 12.1 Å². The molecule has 220 valence electrons. The summed E-state index contributed by atoms with van der Waals surface area (Å²) in [4.78, 5) is 27.0. The van der Waals surface area contributed by atoms with Crippen molar-refractivity contribution < 1.29 is 32.2 Å². The minimum Gasteiger partial charge on any atom is -0.487 e. The number of rotatable bonds is 11. The van der Waals surface area contributed by atoms with Gasteiger partial charge >= 0.3 is 12.1 Å². The molecule has 0 saturated heterocycles. The molecule has 0 spiro atoms. The fraction of sp³-hybridized carbons (Fsp3) is 0.312. The highest BCUT2D eigenvalue weighted by Gasteiger charge is 2.43. The van der Waals surface area contributed by atoms with Crippen LogP contribution in [0.2, 0.25) is 0 Å². The zero-order valence-corrected chi connectivity index (χ0v) is 22.7. The maximum Gasteiger partial charge on any atom is 0.490 e. The molecule has 42 heavy (non-hydrogen) atoms. The molecule has 1 aliphatic carbocycles. The van der Waals surface area contributed by atoms with Crippen LogP contribution in [0, 0.1) is 0 Å². The predicted molar refractivity (Wildman–Crippen MR) is 151 cm³/mol. The van der Waals surface area contributed by atoms with Gasteiger partial charge in [0.25, 0.3) is 0 Å². The SMILES string of the molecule is O=C(O[C@@H](CNC1CCC[C@H]1OCc1ccccc1)c1ccc(OCc2ccccc2)c2[nH]c(=O)ccc12)C(F)(F)F. The number of carbonyl (C=O) groups excluding carboxylic acids is 1. The third-order valence-corrected chi connectivity index (χ3v) is 7.28. The summed E-state index contributed by atoms with van der Waals surface area (Å²) >= 11 is 0. The lowest BCUT2D eigenvalue weighted by Gasteiger charge is -2.26. The Labute approximate surface area is 240 Å². The zero-order chi connectivity index (χ0) is 29.5. The fourth-order valence-corrected chi connectivity index (χ4v) is 5.19. The number of pyridine rings is 1. The number of ether oxygens (including phenoxy) is 3. The van der Waals surface area contributed by atoms with Crippen molar-refractivity contribution in [2.45, 2.75) is 56.9 Å². The van der Waals surface area contributed by atoms with Gasteiger partial charge in [0.2, 0.25) is 5.56 Å². The molecule has 3 aromatic carbocycles. The normalized spacial score (nSPS) is 17.7. The number of nitrogens with one attached hydrogen (secondary N) is 2. The summed E-state index contributed by atoms with van der Waals surface area (Å²) in [6, 6.07) is 24.9. The van der Waals surface area contributed by atoms with E-state index < -0.39 is 23.8 Å². The molecule has 5 rings (SSSR count). The van der Waals surface area contributed by atoms with Gasteiger partial charge in [0.1, 0.15) is 18.5 Å². The molecule has 0 bridgehead atoms. The second-order valence-corrected chi connectivity index (χ2v) is 10.2. The van der Waals surface area contributed by atoms with Gasteiger partial charge < -0.3 is 24.5 Å². The summed E-state index contributed by atoms with van der Waals surface area (Å²) in [6.07, 6.45) is -4.16. The van der Waals surface area contributed by atoms with Gasteiger partial charge in [-0.15, -0.1) is 0 Å². The Kier molecular flexibility index (Phi) is 9.24. The van der Waals surface area contributed by atoms with Crippen LogP contribution in [0.1, 0.15) is 42.1 Å². The fourth-order valence-electron chi connectivity index (χ4n) is 5.19. The average Bonchev–Trinajstić information content (AvgIpc) is 3.44. The number of hydrogen-bond acceptors (Lipinski definition) is 6. The van der Waals surface area contributed by atoms with Gasteiger partial charge in [0.15, 0.2) is 0 Å². The molecule has 0 amide bonds.